The minimum Gasteiger partial charge on any atom is -0.462 e. The fourth-order valence-corrected chi connectivity index (χ4v) is 3.77. The van der Waals surface area contributed by atoms with Gasteiger partial charge in [0.1, 0.15) is 0 Å². The number of rotatable bonds is 7. The van der Waals surface area contributed by atoms with Crippen molar-refractivity contribution in [3.05, 3.63) is 52.8 Å². The molecule has 0 atom stereocenters. The van der Waals surface area contributed by atoms with Gasteiger partial charge in [0, 0.05) is 25.5 Å². The molecule has 1 aliphatic rings. The van der Waals surface area contributed by atoms with Gasteiger partial charge in [-0.15, -0.1) is 0 Å². The zero-order chi connectivity index (χ0) is 19.9. The minimum absolute atomic E-state index is 0.208. The van der Waals surface area contributed by atoms with Gasteiger partial charge in [0.15, 0.2) is 0 Å². The molecule has 3 rings (SSSR count). The molecule has 0 saturated carbocycles. The molecule has 1 fully saturated rings. The van der Waals surface area contributed by atoms with E-state index in [0.717, 1.165) is 62.3 Å². The summed E-state index contributed by atoms with van der Waals surface area (Å²) in [5.41, 5.74) is 3.99. The molecule has 1 aromatic carbocycles. The van der Waals surface area contributed by atoms with Gasteiger partial charge >= 0.3 is 5.97 Å². The van der Waals surface area contributed by atoms with Crippen molar-refractivity contribution in [2.24, 2.45) is 5.92 Å². The van der Waals surface area contributed by atoms with Gasteiger partial charge in [-0.2, -0.15) is 0 Å². The highest BCUT2D eigenvalue weighted by Gasteiger charge is 2.21. The average Bonchev–Trinajstić information content (AvgIpc) is 2.71. The van der Waals surface area contributed by atoms with Crippen LogP contribution in [0.2, 0.25) is 0 Å². The standard InChI is InChI=1S/C23H31N3O2/c1-4-19-15-24-23(25-16-19)26-11-9-20(10-12-26)6-5-13-28-22(27)21-8-7-17(2)14-18(21)3/h7-8,14-16,20H,4-6,9-13H2,1-3H3. The van der Waals surface area contributed by atoms with Crippen LogP contribution < -0.4 is 4.90 Å². The van der Waals surface area contributed by atoms with Gasteiger partial charge in [0.05, 0.1) is 12.2 Å². The van der Waals surface area contributed by atoms with Gasteiger partial charge in [-0.05, 0) is 69.1 Å². The first kappa shape index (κ1) is 20.3. The maximum absolute atomic E-state index is 12.2. The largest absolute Gasteiger partial charge is 0.462 e. The van der Waals surface area contributed by atoms with E-state index in [1.54, 1.807) is 0 Å². The molecule has 1 aliphatic heterocycles. The molecule has 28 heavy (non-hydrogen) atoms. The molecule has 1 aromatic heterocycles. The van der Waals surface area contributed by atoms with Crippen LogP contribution in [0.5, 0.6) is 0 Å². The molecule has 1 saturated heterocycles. The van der Waals surface area contributed by atoms with E-state index >= 15 is 0 Å². The van der Waals surface area contributed by atoms with E-state index in [4.69, 9.17) is 4.74 Å². The summed E-state index contributed by atoms with van der Waals surface area (Å²) in [4.78, 5) is 23.5. The number of hydrogen-bond donors (Lipinski definition) is 0. The van der Waals surface area contributed by atoms with Crippen LogP contribution in [0.25, 0.3) is 0 Å². The summed E-state index contributed by atoms with van der Waals surface area (Å²) in [5.74, 6) is 1.32. The number of carbonyl (C=O) groups is 1. The zero-order valence-electron chi connectivity index (χ0n) is 17.3. The Morgan fingerprint density at radius 1 is 1.18 bits per heavy atom. The molecule has 0 spiro atoms. The van der Waals surface area contributed by atoms with Crippen LogP contribution in [0.3, 0.4) is 0 Å². The van der Waals surface area contributed by atoms with Crippen molar-refractivity contribution >= 4 is 11.9 Å². The molecule has 0 radical (unpaired) electrons. The molecule has 0 unspecified atom stereocenters. The smallest absolute Gasteiger partial charge is 0.338 e. The Morgan fingerprint density at radius 3 is 2.54 bits per heavy atom. The van der Waals surface area contributed by atoms with Crippen LogP contribution in [0.1, 0.15) is 59.7 Å². The molecular formula is C23H31N3O2. The van der Waals surface area contributed by atoms with Crippen LogP contribution in [0, 0.1) is 19.8 Å². The van der Waals surface area contributed by atoms with Gasteiger partial charge in [0.2, 0.25) is 5.95 Å². The molecule has 5 heteroatoms. The highest BCUT2D eigenvalue weighted by Crippen LogP contribution is 2.24. The number of hydrogen-bond acceptors (Lipinski definition) is 5. The van der Waals surface area contributed by atoms with Crippen LogP contribution in [0.4, 0.5) is 5.95 Å². The van der Waals surface area contributed by atoms with Crippen molar-refractivity contribution in [3.63, 3.8) is 0 Å². The van der Waals surface area contributed by atoms with E-state index in [9.17, 15) is 4.79 Å². The number of ether oxygens (including phenoxy) is 1. The van der Waals surface area contributed by atoms with Crippen molar-refractivity contribution < 1.29 is 9.53 Å². The van der Waals surface area contributed by atoms with Crippen LogP contribution in [-0.4, -0.2) is 35.6 Å². The molecule has 0 aliphatic carbocycles. The molecule has 0 N–H and O–H groups in total. The van der Waals surface area contributed by atoms with Crippen LogP contribution >= 0.6 is 0 Å². The Morgan fingerprint density at radius 2 is 1.89 bits per heavy atom. The average molecular weight is 382 g/mol. The highest BCUT2D eigenvalue weighted by molar-refractivity contribution is 5.91. The maximum atomic E-state index is 12.2. The van der Waals surface area contributed by atoms with E-state index in [1.807, 2.05) is 44.4 Å². The van der Waals surface area contributed by atoms with Crippen molar-refractivity contribution in [1.82, 2.24) is 9.97 Å². The summed E-state index contributed by atoms with van der Waals surface area (Å²) in [6.07, 6.45) is 9.13. The third-order valence-corrected chi connectivity index (χ3v) is 5.59. The number of benzene rings is 1. The fraction of sp³-hybridized carbons (Fsp3) is 0.522. The first-order valence-corrected chi connectivity index (χ1v) is 10.4. The molecule has 150 valence electrons. The minimum atomic E-state index is -0.208. The van der Waals surface area contributed by atoms with E-state index in [1.165, 1.54) is 5.56 Å². The van der Waals surface area contributed by atoms with Crippen molar-refractivity contribution in [3.8, 4) is 0 Å². The number of nitrogens with zero attached hydrogens (tertiary/aromatic N) is 3. The number of aromatic nitrogens is 2. The Hall–Kier alpha value is -2.43. The Kier molecular flexibility index (Phi) is 7.01. The lowest BCUT2D eigenvalue weighted by molar-refractivity contribution is 0.0491. The van der Waals surface area contributed by atoms with Gasteiger partial charge in [-0.25, -0.2) is 14.8 Å². The van der Waals surface area contributed by atoms with E-state index in [2.05, 4.69) is 21.8 Å². The summed E-state index contributed by atoms with van der Waals surface area (Å²) >= 11 is 0. The molecule has 0 amide bonds. The second-order valence-electron chi connectivity index (χ2n) is 7.77. The van der Waals surface area contributed by atoms with E-state index < -0.39 is 0 Å². The first-order chi connectivity index (χ1) is 13.6. The third kappa shape index (κ3) is 5.31. The number of carbonyl (C=O) groups excluding carboxylic acids is 1. The Labute approximate surface area is 168 Å². The second kappa shape index (κ2) is 9.67. The summed E-state index contributed by atoms with van der Waals surface area (Å²) < 4.78 is 5.48. The predicted molar refractivity (Wildman–Crippen MR) is 112 cm³/mol. The van der Waals surface area contributed by atoms with Gasteiger partial charge in [-0.3, -0.25) is 0 Å². The number of anilines is 1. The number of aryl methyl sites for hydroxylation is 3. The second-order valence-corrected chi connectivity index (χ2v) is 7.77. The first-order valence-electron chi connectivity index (χ1n) is 10.4. The summed E-state index contributed by atoms with van der Waals surface area (Å²) in [7, 11) is 0. The summed E-state index contributed by atoms with van der Waals surface area (Å²) in [6, 6.07) is 5.83. The highest BCUT2D eigenvalue weighted by atomic mass is 16.5. The molecule has 5 nitrogen and oxygen atoms in total. The third-order valence-electron chi connectivity index (χ3n) is 5.59. The molecule has 2 aromatic rings. The molecular weight excluding hydrogens is 350 g/mol. The number of esters is 1. The lowest BCUT2D eigenvalue weighted by Crippen LogP contribution is -2.34. The Bertz CT molecular complexity index is 781. The van der Waals surface area contributed by atoms with Crippen LogP contribution in [-0.2, 0) is 11.2 Å². The topological polar surface area (TPSA) is 55.3 Å². The molecule has 0 bridgehead atoms. The van der Waals surface area contributed by atoms with Crippen molar-refractivity contribution in [2.75, 3.05) is 24.6 Å². The predicted octanol–water partition coefficient (Wildman–Crippen LogP) is 4.51. The van der Waals surface area contributed by atoms with Crippen molar-refractivity contribution in [2.45, 2.75) is 52.9 Å². The quantitative estimate of drug-likeness (QED) is 0.522. The Balaban J connectivity index is 1.36. The normalized spacial score (nSPS) is 14.9. The lowest BCUT2D eigenvalue weighted by Gasteiger charge is -2.32. The van der Waals surface area contributed by atoms with E-state index in [0.29, 0.717) is 18.1 Å². The monoisotopic (exact) mass is 381 g/mol. The fourth-order valence-electron chi connectivity index (χ4n) is 3.77. The molecule has 2 heterocycles. The zero-order valence-corrected chi connectivity index (χ0v) is 17.3. The van der Waals surface area contributed by atoms with Gasteiger partial charge in [-0.1, -0.05) is 24.6 Å². The van der Waals surface area contributed by atoms with Crippen LogP contribution in [0.15, 0.2) is 30.6 Å². The van der Waals surface area contributed by atoms with E-state index in [-0.39, 0.29) is 5.97 Å². The number of piperidine rings is 1. The van der Waals surface area contributed by atoms with Crippen molar-refractivity contribution in [1.29, 1.82) is 0 Å². The SMILES string of the molecule is CCc1cnc(N2CCC(CCCOC(=O)c3ccc(C)cc3C)CC2)nc1. The van der Waals surface area contributed by atoms with Gasteiger partial charge in [0.25, 0.3) is 0 Å². The lowest BCUT2D eigenvalue weighted by atomic mass is 9.92. The van der Waals surface area contributed by atoms with Gasteiger partial charge < -0.3 is 9.64 Å². The maximum Gasteiger partial charge on any atom is 0.338 e. The summed E-state index contributed by atoms with van der Waals surface area (Å²) in [6.45, 7) is 8.59. The summed E-state index contributed by atoms with van der Waals surface area (Å²) in [5, 5.41) is 0.